The van der Waals surface area contributed by atoms with Gasteiger partial charge >= 0.3 is 6.09 Å². The third kappa shape index (κ3) is 8.99. The SMILES string of the molecule is C=COCCOCCOCCOCCOCCNC(=O)OCC1c2ccccc2-c2ccccc21. The highest BCUT2D eigenvalue weighted by atomic mass is 16.6. The second-order valence-electron chi connectivity index (χ2n) is 7.74. The van der Waals surface area contributed by atoms with Crippen LogP contribution in [0.3, 0.4) is 0 Å². The molecule has 0 saturated heterocycles. The van der Waals surface area contributed by atoms with E-state index in [0.29, 0.717) is 72.6 Å². The van der Waals surface area contributed by atoms with E-state index in [4.69, 9.17) is 28.4 Å². The van der Waals surface area contributed by atoms with E-state index in [1.165, 1.54) is 28.5 Å². The van der Waals surface area contributed by atoms with Gasteiger partial charge in [-0.2, -0.15) is 0 Å². The van der Waals surface area contributed by atoms with Gasteiger partial charge in [0.1, 0.15) is 13.2 Å². The molecule has 1 aliphatic carbocycles. The van der Waals surface area contributed by atoms with E-state index in [1.807, 2.05) is 24.3 Å². The Balaban J connectivity index is 1.16. The van der Waals surface area contributed by atoms with Gasteiger partial charge in [-0.25, -0.2) is 4.79 Å². The van der Waals surface area contributed by atoms with Gasteiger partial charge in [-0.3, -0.25) is 0 Å². The fourth-order valence-corrected chi connectivity index (χ4v) is 3.83. The summed E-state index contributed by atoms with van der Waals surface area (Å²) < 4.78 is 32.1. The molecule has 0 heterocycles. The number of hydrogen-bond donors (Lipinski definition) is 1. The monoisotopic (exact) mass is 485 g/mol. The topological polar surface area (TPSA) is 84.5 Å². The van der Waals surface area contributed by atoms with Crippen LogP contribution in [0.2, 0.25) is 0 Å². The molecular weight excluding hydrogens is 450 g/mol. The van der Waals surface area contributed by atoms with Crippen LogP contribution < -0.4 is 5.32 Å². The molecule has 190 valence electrons. The molecule has 0 aliphatic heterocycles. The van der Waals surface area contributed by atoms with Crippen LogP contribution in [0.5, 0.6) is 0 Å². The summed E-state index contributed by atoms with van der Waals surface area (Å²) in [7, 11) is 0. The lowest BCUT2D eigenvalue weighted by Crippen LogP contribution is -2.29. The molecule has 0 unspecified atom stereocenters. The average Bonchev–Trinajstić information content (AvgIpc) is 3.21. The molecule has 2 aromatic carbocycles. The first kappa shape index (κ1) is 26.7. The maximum Gasteiger partial charge on any atom is 0.407 e. The molecule has 0 spiro atoms. The zero-order valence-electron chi connectivity index (χ0n) is 20.1. The van der Waals surface area contributed by atoms with Crippen molar-refractivity contribution >= 4 is 6.09 Å². The molecule has 8 nitrogen and oxygen atoms in total. The summed E-state index contributed by atoms with van der Waals surface area (Å²) in [6.07, 6.45) is 0.947. The van der Waals surface area contributed by atoms with Crippen molar-refractivity contribution in [1.82, 2.24) is 5.32 Å². The highest BCUT2D eigenvalue weighted by Gasteiger charge is 2.28. The Morgan fingerprint density at radius 2 is 1.23 bits per heavy atom. The molecule has 1 aliphatic rings. The number of ether oxygens (including phenoxy) is 6. The van der Waals surface area contributed by atoms with Gasteiger partial charge in [0.2, 0.25) is 0 Å². The lowest BCUT2D eigenvalue weighted by atomic mass is 9.98. The van der Waals surface area contributed by atoms with Crippen LogP contribution in [0.15, 0.2) is 61.4 Å². The van der Waals surface area contributed by atoms with Gasteiger partial charge in [-0.05, 0) is 22.3 Å². The summed E-state index contributed by atoms with van der Waals surface area (Å²) in [6.45, 7) is 8.43. The van der Waals surface area contributed by atoms with E-state index in [-0.39, 0.29) is 5.92 Å². The molecule has 2 aromatic rings. The van der Waals surface area contributed by atoms with Crippen molar-refractivity contribution < 1.29 is 33.2 Å². The minimum atomic E-state index is -0.443. The Bertz CT molecular complexity index is 859. The van der Waals surface area contributed by atoms with Crippen molar-refractivity contribution in [2.45, 2.75) is 5.92 Å². The molecular formula is C27H35NO7. The summed E-state index contributed by atoms with van der Waals surface area (Å²) in [5.41, 5.74) is 4.80. The molecule has 1 amide bonds. The van der Waals surface area contributed by atoms with Crippen molar-refractivity contribution in [3.8, 4) is 11.1 Å². The second-order valence-corrected chi connectivity index (χ2v) is 7.74. The first-order chi connectivity index (χ1) is 17.3. The number of carbonyl (C=O) groups excluding carboxylic acids is 1. The quantitative estimate of drug-likeness (QED) is 0.254. The number of hydrogen-bond acceptors (Lipinski definition) is 7. The van der Waals surface area contributed by atoms with Crippen LogP contribution in [0, 0.1) is 0 Å². The van der Waals surface area contributed by atoms with E-state index < -0.39 is 6.09 Å². The molecule has 0 bridgehead atoms. The highest BCUT2D eigenvalue weighted by molar-refractivity contribution is 5.79. The smallest absolute Gasteiger partial charge is 0.407 e. The lowest BCUT2D eigenvalue weighted by Gasteiger charge is -2.14. The average molecular weight is 486 g/mol. The summed E-state index contributed by atoms with van der Waals surface area (Å²) >= 11 is 0. The van der Waals surface area contributed by atoms with Gasteiger partial charge in [0.05, 0.1) is 59.1 Å². The van der Waals surface area contributed by atoms with Crippen molar-refractivity contribution in [1.29, 1.82) is 0 Å². The molecule has 8 heteroatoms. The lowest BCUT2D eigenvalue weighted by molar-refractivity contribution is -0.00582. The van der Waals surface area contributed by atoms with Crippen LogP contribution >= 0.6 is 0 Å². The number of amides is 1. The minimum absolute atomic E-state index is 0.0509. The summed E-state index contributed by atoms with van der Waals surface area (Å²) in [5, 5.41) is 2.73. The Morgan fingerprint density at radius 3 is 1.77 bits per heavy atom. The maximum atomic E-state index is 12.1. The van der Waals surface area contributed by atoms with Crippen molar-refractivity contribution in [2.75, 3.05) is 72.6 Å². The minimum Gasteiger partial charge on any atom is -0.499 e. The van der Waals surface area contributed by atoms with Crippen LogP contribution in [-0.4, -0.2) is 78.7 Å². The molecule has 35 heavy (non-hydrogen) atoms. The maximum absolute atomic E-state index is 12.1. The Kier molecular flexibility index (Phi) is 12.1. The number of benzene rings is 2. The number of rotatable bonds is 18. The Hall–Kier alpha value is -2.91. The first-order valence-corrected chi connectivity index (χ1v) is 11.9. The first-order valence-electron chi connectivity index (χ1n) is 11.9. The second kappa shape index (κ2) is 15.9. The van der Waals surface area contributed by atoms with E-state index in [2.05, 4.69) is 36.2 Å². The van der Waals surface area contributed by atoms with Gasteiger partial charge < -0.3 is 33.7 Å². The summed E-state index contributed by atoms with van der Waals surface area (Å²) in [6, 6.07) is 16.5. The van der Waals surface area contributed by atoms with Gasteiger partial charge in [0, 0.05) is 12.5 Å². The molecule has 0 aromatic heterocycles. The normalized spacial score (nSPS) is 12.1. The van der Waals surface area contributed by atoms with E-state index in [0.717, 1.165) is 0 Å². The molecule has 0 saturated carbocycles. The third-order valence-corrected chi connectivity index (χ3v) is 5.44. The Labute approximate surface area is 207 Å². The summed E-state index contributed by atoms with van der Waals surface area (Å²) in [5.74, 6) is 0.0509. The third-order valence-electron chi connectivity index (χ3n) is 5.44. The van der Waals surface area contributed by atoms with Gasteiger partial charge in [-0.15, -0.1) is 0 Å². The molecule has 0 atom stereocenters. The number of fused-ring (bicyclic) bond motifs is 3. The van der Waals surface area contributed by atoms with Crippen LogP contribution in [0.25, 0.3) is 11.1 Å². The highest BCUT2D eigenvalue weighted by Crippen LogP contribution is 2.44. The zero-order valence-corrected chi connectivity index (χ0v) is 20.1. The predicted molar refractivity (Wildman–Crippen MR) is 132 cm³/mol. The van der Waals surface area contributed by atoms with Gasteiger partial charge in [0.25, 0.3) is 0 Å². The fraction of sp³-hybridized carbons (Fsp3) is 0.444. The van der Waals surface area contributed by atoms with E-state index in [1.54, 1.807) is 0 Å². The molecule has 0 fully saturated rings. The van der Waals surface area contributed by atoms with Crippen molar-refractivity contribution in [2.24, 2.45) is 0 Å². The summed E-state index contributed by atoms with van der Waals surface area (Å²) in [4.78, 5) is 12.1. The fourth-order valence-electron chi connectivity index (χ4n) is 3.83. The number of nitrogens with one attached hydrogen (secondary N) is 1. The van der Waals surface area contributed by atoms with Crippen molar-refractivity contribution in [3.05, 3.63) is 72.5 Å². The molecule has 0 radical (unpaired) electrons. The zero-order chi connectivity index (χ0) is 24.6. The number of carbonyl (C=O) groups is 1. The van der Waals surface area contributed by atoms with Crippen LogP contribution in [-0.2, 0) is 28.4 Å². The van der Waals surface area contributed by atoms with Crippen LogP contribution in [0.1, 0.15) is 17.0 Å². The number of alkyl carbamates (subject to hydrolysis) is 1. The molecule has 3 rings (SSSR count). The predicted octanol–water partition coefficient (Wildman–Crippen LogP) is 3.75. The largest absolute Gasteiger partial charge is 0.499 e. The van der Waals surface area contributed by atoms with Gasteiger partial charge in [0.15, 0.2) is 0 Å². The standard InChI is InChI=1S/C27H35NO7/c1-2-30-13-14-32-17-18-34-20-19-33-16-15-31-12-11-28-27(29)35-21-26-24-9-5-3-7-22(24)23-8-4-6-10-25(23)26/h2-10,26H,1,11-21H2,(H,28,29). The van der Waals surface area contributed by atoms with E-state index >= 15 is 0 Å². The van der Waals surface area contributed by atoms with Crippen LogP contribution in [0.4, 0.5) is 4.79 Å². The van der Waals surface area contributed by atoms with Gasteiger partial charge in [-0.1, -0.05) is 55.1 Å². The Morgan fingerprint density at radius 1 is 0.743 bits per heavy atom. The van der Waals surface area contributed by atoms with Crippen molar-refractivity contribution in [3.63, 3.8) is 0 Å². The molecule has 1 N–H and O–H groups in total. The van der Waals surface area contributed by atoms with E-state index in [9.17, 15) is 4.79 Å².